The van der Waals surface area contributed by atoms with Gasteiger partial charge in [0.05, 0.1) is 12.1 Å². The van der Waals surface area contributed by atoms with Gasteiger partial charge in [0, 0.05) is 18.9 Å². The summed E-state index contributed by atoms with van der Waals surface area (Å²) in [4.78, 5) is 16.9. The molecule has 2 fully saturated rings. The first-order valence-corrected chi connectivity index (χ1v) is 9.28. The van der Waals surface area contributed by atoms with Crippen LogP contribution in [0.4, 0.5) is 0 Å². The molecule has 4 rings (SSSR count). The second kappa shape index (κ2) is 7.95. The summed E-state index contributed by atoms with van der Waals surface area (Å²) in [6.45, 7) is 1.69. The van der Waals surface area contributed by atoms with E-state index in [0.29, 0.717) is 0 Å². The van der Waals surface area contributed by atoms with Crippen LogP contribution in [0.2, 0.25) is 0 Å². The van der Waals surface area contributed by atoms with Crippen molar-refractivity contribution in [1.29, 1.82) is 0 Å². The molecule has 0 aliphatic carbocycles. The summed E-state index contributed by atoms with van der Waals surface area (Å²) in [5, 5.41) is 13.4. The maximum Gasteiger partial charge on any atom is 0.228 e. The Kier molecular flexibility index (Phi) is 5.24. The first kappa shape index (κ1) is 17.1. The van der Waals surface area contributed by atoms with Gasteiger partial charge >= 0.3 is 0 Å². The van der Waals surface area contributed by atoms with Crippen LogP contribution in [0.25, 0.3) is 0 Å². The fourth-order valence-electron chi connectivity index (χ4n) is 3.99. The lowest BCUT2D eigenvalue weighted by molar-refractivity contribution is -0.132. The van der Waals surface area contributed by atoms with Gasteiger partial charge in [-0.15, -0.1) is 0 Å². The highest BCUT2D eigenvalue weighted by atomic mass is 16.2. The van der Waals surface area contributed by atoms with Gasteiger partial charge in [-0.05, 0) is 48.6 Å². The molecule has 2 aromatic rings. The van der Waals surface area contributed by atoms with Crippen LogP contribution >= 0.6 is 0 Å². The van der Waals surface area contributed by atoms with E-state index in [1.54, 1.807) is 12.4 Å². The molecule has 0 spiro atoms. The Morgan fingerprint density at radius 2 is 1.92 bits per heavy atom. The third-order valence-electron chi connectivity index (χ3n) is 5.29. The molecule has 0 radical (unpaired) electrons. The number of carbonyl (C=O) groups is 1. The van der Waals surface area contributed by atoms with Gasteiger partial charge in [-0.3, -0.25) is 20.4 Å². The second-order valence-corrected chi connectivity index (χ2v) is 6.93. The van der Waals surface area contributed by atoms with E-state index < -0.39 is 0 Å². The number of piperidine rings is 1. The smallest absolute Gasteiger partial charge is 0.228 e. The number of rotatable bonds is 5. The predicted octanol–water partition coefficient (Wildman–Crippen LogP) is 0.936. The maximum absolute atomic E-state index is 12.8. The largest absolute Gasteiger partial charge is 0.328 e. The average molecular weight is 351 g/mol. The van der Waals surface area contributed by atoms with Crippen LogP contribution in [-0.2, 0) is 11.2 Å². The zero-order valence-electron chi connectivity index (χ0n) is 14.7. The monoisotopic (exact) mass is 351 g/mol. The SMILES string of the molecule is O=C1NC(NCCc2ccccc2)NC2NCCC(c3ccncc3)C12. The number of fused-ring (bicyclic) bond motifs is 1. The Balaban J connectivity index is 1.37. The van der Waals surface area contributed by atoms with E-state index in [4.69, 9.17) is 0 Å². The van der Waals surface area contributed by atoms with Crippen LogP contribution < -0.4 is 21.3 Å². The number of amides is 1. The van der Waals surface area contributed by atoms with E-state index in [0.717, 1.165) is 25.9 Å². The van der Waals surface area contributed by atoms with Crippen molar-refractivity contribution >= 4 is 5.91 Å². The summed E-state index contributed by atoms with van der Waals surface area (Å²) >= 11 is 0. The van der Waals surface area contributed by atoms with E-state index >= 15 is 0 Å². The molecule has 0 bridgehead atoms. The van der Waals surface area contributed by atoms with Gasteiger partial charge in [0.25, 0.3) is 0 Å². The zero-order valence-corrected chi connectivity index (χ0v) is 14.7. The molecule has 1 aromatic heterocycles. The third-order valence-corrected chi connectivity index (χ3v) is 5.29. The molecular formula is C20H25N5O. The molecule has 2 aliphatic rings. The predicted molar refractivity (Wildman–Crippen MR) is 100 cm³/mol. The fourth-order valence-corrected chi connectivity index (χ4v) is 3.99. The Bertz CT molecular complexity index is 723. The highest BCUT2D eigenvalue weighted by molar-refractivity contribution is 5.81. The lowest BCUT2D eigenvalue weighted by atomic mass is 9.78. The molecule has 4 unspecified atom stereocenters. The number of carbonyl (C=O) groups excluding carboxylic acids is 1. The molecule has 1 amide bonds. The summed E-state index contributed by atoms with van der Waals surface area (Å²) in [7, 11) is 0. The van der Waals surface area contributed by atoms with Gasteiger partial charge in [-0.2, -0.15) is 0 Å². The van der Waals surface area contributed by atoms with Gasteiger partial charge < -0.3 is 10.6 Å². The van der Waals surface area contributed by atoms with Gasteiger partial charge in [-0.25, -0.2) is 0 Å². The van der Waals surface area contributed by atoms with Crippen molar-refractivity contribution in [3.05, 3.63) is 66.0 Å². The fraction of sp³-hybridized carbons (Fsp3) is 0.400. The molecule has 26 heavy (non-hydrogen) atoms. The second-order valence-electron chi connectivity index (χ2n) is 6.93. The van der Waals surface area contributed by atoms with Crippen LogP contribution in [0.15, 0.2) is 54.9 Å². The Morgan fingerprint density at radius 3 is 2.73 bits per heavy atom. The molecule has 3 heterocycles. The molecule has 6 heteroatoms. The number of hydrogen-bond acceptors (Lipinski definition) is 5. The van der Waals surface area contributed by atoms with Crippen molar-refractivity contribution < 1.29 is 4.79 Å². The lowest BCUT2D eigenvalue weighted by Crippen LogP contribution is -2.72. The van der Waals surface area contributed by atoms with Gasteiger partial charge in [-0.1, -0.05) is 30.3 Å². The first-order valence-electron chi connectivity index (χ1n) is 9.28. The summed E-state index contributed by atoms with van der Waals surface area (Å²) < 4.78 is 0. The van der Waals surface area contributed by atoms with Crippen molar-refractivity contribution in [3.63, 3.8) is 0 Å². The highest BCUT2D eigenvalue weighted by Gasteiger charge is 2.43. The Labute approximate surface area is 153 Å². The van der Waals surface area contributed by atoms with E-state index in [-0.39, 0.29) is 30.2 Å². The van der Waals surface area contributed by atoms with Crippen LogP contribution in [-0.4, -0.2) is 36.4 Å². The van der Waals surface area contributed by atoms with Crippen molar-refractivity contribution in [2.24, 2.45) is 5.92 Å². The van der Waals surface area contributed by atoms with E-state index in [9.17, 15) is 4.79 Å². The van der Waals surface area contributed by atoms with Crippen LogP contribution in [0.5, 0.6) is 0 Å². The van der Waals surface area contributed by atoms with Crippen LogP contribution in [0, 0.1) is 5.92 Å². The number of aromatic nitrogens is 1. The zero-order chi connectivity index (χ0) is 17.8. The van der Waals surface area contributed by atoms with Crippen molar-refractivity contribution in [2.45, 2.75) is 31.2 Å². The summed E-state index contributed by atoms with van der Waals surface area (Å²) in [5.74, 6) is 0.195. The van der Waals surface area contributed by atoms with Crippen molar-refractivity contribution in [1.82, 2.24) is 26.3 Å². The van der Waals surface area contributed by atoms with E-state index in [1.165, 1.54) is 11.1 Å². The van der Waals surface area contributed by atoms with Gasteiger partial charge in [0.2, 0.25) is 5.91 Å². The Hall–Kier alpha value is -2.28. The molecule has 2 saturated heterocycles. The molecule has 4 N–H and O–H groups in total. The topological polar surface area (TPSA) is 78.1 Å². The average Bonchev–Trinajstić information content (AvgIpc) is 2.69. The molecule has 6 nitrogen and oxygen atoms in total. The standard InChI is InChI=1S/C20H25N5O/c26-19-17-16(15-7-10-21-11-8-15)9-13-22-18(17)24-20(25-19)23-12-6-14-4-2-1-3-5-14/h1-5,7-8,10-11,16-18,20,22-24H,6,9,12-13H2,(H,25,26). The molecule has 1 aromatic carbocycles. The summed E-state index contributed by atoms with van der Waals surface area (Å²) in [6.07, 6.45) is 5.24. The number of hydrogen-bond donors (Lipinski definition) is 4. The van der Waals surface area contributed by atoms with Gasteiger partial charge in [0.1, 0.15) is 6.29 Å². The van der Waals surface area contributed by atoms with Crippen molar-refractivity contribution in [3.8, 4) is 0 Å². The van der Waals surface area contributed by atoms with E-state index in [2.05, 4.69) is 38.4 Å². The van der Waals surface area contributed by atoms with E-state index in [1.807, 2.05) is 30.3 Å². The third kappa shape index (κ3) is 3.77. The minimum Gasteiger partial charge on any atom is -0.328 e. The normalized spacial score (nSPS) is 28.2. The summed E-state index contributed by atoms with van der Waals surface area (Å²) in [6, 6.07) is 14.4. The Morgan fingerprint density at radius 1 is 1.12 bits per heavy atom. The minimum absolute atomic E-state index is 0.0232. The number of nitrogens with one attached hydrogen (secondary N) is 4. The minimum atomic E-state index is -0.212. The molecule has 2 aliphatic heterocycles. The highest BCUT2D eigenvalue weighted by Crippen LogP contribution is 2.33. The first-order chi connectivity index (χ1) is 12.8. The van der Waals surface area contributed by atoms with Crippen LogP contribution in [0.3, 0.4) is 0 Å². The summed E-state index contributed by atoms with van der Waals surface area (Å²) in [5.41, 5.74) is 2.47. The molecular weight excluding hydrogens is 326 g/mol. The van der Waals surface area contributed by atoms with Gasteiger partial charge in [0.15, 0.2) is 0 Å². The van der Waals surface area contributed by atoms with Crippen molar-refractivity contribution in [2.75, 3.05) is 13.1 Å². The number of nitrogens with zero attached hydrogens (tertiary/aromatic N) is 1. The number of benzene rings is 1. The quantitative estimate of drug-likeness (QED) is 0.645. The number of pyridine rings is 1. The molecule has 136 valence electrons. The molecule has 4 atom stereocenters. The van der Waals surface area contributed by atoms with Crippen LogP contribution in [0.1, 0.15) is 23.5 Å². The maximum atomic E-state index is 12.8. The molecule has 0 saturated carbocycles. The lowest BCUT2D eigenvalue weighted by Gasteiger charge is -2.44.